The molecular formula is C23H21N5O4. The molecule has 4 rings (SSSR count). The van der Waals surface area contributed by atoms with E-state index < -0.39 is 17.9 Å². The Hall–Kier alpha value is -4.40. The normalized spacial score (nSPS) is 11.8. The monoisotopic (exact) mass is 431 g/mol. The molecule has 9 nitrogen and oxygen atoms in total. The number of aromatic hydroxyl groups is 1. The highest BCUT2D eigenvalue weighted by molar-refractivity contribution is 6.00. The van der Waals surface area contributed by atoms with Gasteiger partial charge in [0.2, 0.25) is 11.8 Å². The molecule has 0 unspecified atom stereocenters. The third-order valence-corrected chi connectivity index (χ3v) is 5.05. The van der Waals surface area contributed by atoms with Crippen molar-refractivity contribution in [3.63, 3.8) is 0 Å². The van der Waals surface area contributed by atoms with Gasteiger partial charge in [-0.3, -0.25) is 9.59 Å². The van der Waals surface area contributed by atoms with E-state index in [2.05, 4.69) is 20.3 Å². The van der Waals surface area contributed by atoms with Crippen LogP contribution in [0.5, 0.6) is 11.6 Å². The molecule has 0 saturated carbocycles. The highest BCUT2D eigenvalue weighted by Crippen LogP contribution is 2.35. The number of aromatic nitrogens is 3. The van der Waals surface area contributed by atoms with Crippen LogP contribution in [0.3, 0.4) is 0 Å². The van der Waals surface area contributed by atoms with Crippen LogP contribution in [-0.4, -0.2) is 45.0 Å². The first kappa shape index (κ1) is 20.9. The average molecular weight is 431 g/mol. The molecule has 1 atom stereocenters. The van der Waals surface area contributed by atoms with Crippen molar-refractivity contribution in [1.82, 2.24) is 20.3 Å². The lowest BCUT2D eigenvalue weighted by Crippen LogP contribution is -2.42. The molecule has 0 aliphatic heterocycles. The number of nitrogens with zero attached hydrogens (tertiary/aromatic N) is 2. The van der Waals surface area contributed by atoms with Gasteiger partial charge in [0.25, 0.3) is 5.91 Å². The molecule has 0 radical (unpaired) electrons. The summed E-state index contributed by atoms with van der Waals surface area (Å²) in [4.78, 5) is 35.5. The zero-order valence-corrected chi connectivity index (χ0v) is 17.4. The van der Waals surface area contributed by atoms with E-state index in [1.807, 2.05) is 6.07 Å². The molecule has 5 N–H and O–H groups in total. The van der Waals surface area contributed by atoms with Crippen LogP contribution in [0.4, 0.5) is 0 Å². The number of imidazole rings is 1. The van der Waals surface area contributed by atoms with Crippen LogP contribution in [-0.2, 0) is 4.79 Å². The summed E-state index contributed by atoms with van der Waals surface area (Å²) in [5, 5.41) is 13.0. The van der Waals surface area contributed by atoms with Crippen LogP contribution >= 0.6 is 0 Å². The van der Waals surface area contributed by atoms with Crippen molar-refractivity contribution in [1.29, 1.82) is 0 Å². The molecule has 2 aromatic heterocycles. The molecule has 9 heteroatoms. The lowest BCUT2D eigenvalue weighted by atomic mass is 10.0. The SMILES string of the molecule is COc1ncccc1-c1ccc(O)c(-c2nc3ccc(C(=O)N[C@@H](C)C(N)=O)cc3[nH]2)c1. The quantitative estimate of drug-likeness (QED) is 0.369. The summed E-state index contributed by atoms with van der Waals surface area (Å²) < 4.78 is 5.34. The van der Waals surface area contributed by atoms with Crippen LogP contribution in [0.25, 0.3) is 33.5 Å². The highest BCUT2D eigenvalue weighted by Gasteiger charge is 2.17. The van der Waals surface area contributed by atoms with Gasteiger partial charge in [0.1, 0.15) is 17.6 Å². The third kappa shape index (κ3) is 3.95. The molecule has 162 valence electrons. The number of benzene rings is 2. The Morgan fingerprint density at radius 1 is 1.16 bits per heavy atom. The van der Waals surface area contributed by atoms with Crippen LogP contribution in [0.2, 0.25) is 0 Å². The molecule has 0 spiro atoms. The lowest BCUT2D eigenvalue weighted by Gasteiger charge is -2.09. The van der Waals surface area contributed by atoms with Gasteiger partial charge in [0.15, 0.2) is 0 Å². The van der Waals surface area contributed by atoms with Gasteiger partial charge in [-0.05, 0) is 55.0 Å². The summed E-state index contributed by atoms with van der Waals surface area (Å²) in [7, 11) is 1.55. The minimum Gasteiger partial charge on any atom is -0.507 e. The molecule has 0 bridgehead atoms. The van der Waals surface area contributed by atoms with E-state index in [1.54, 1.807) is 55.8 Å². The number of methoxy groups -OCH3 is 1. The number of carbonyl (C=O) groups is 2. The van der Waals surface area contributed by atoms with Gasteiger partial charge in [0.05, 0.1) is 23.7 Å². The van der Waals surface area contributed by atoms with Crippen LogP contribution in [0, 0.1) is 0 Å². The number of phenols is 1. The van der Waals surface area contributed by atoms with Crippen molar-refractivity contribution >= 4 is 22.8 Å². The molecule has 0 aliphatic rings. The number of amides is 2. The Bertz CT molecular complexity index is 1330. The van der Waals surface area contributed by atoms with Crippen LogP contribution in [0.1, 0.15) is 17.3 Å². The standard InChI is InChI=1S/C23H21N5O4/c1-12(20(24)30)26-22(31)14-5-7-17-18(11-14)28-21(27-17)16-10-13(6-8-19(16)29)15-4-3-9-25-23(15)32-2/h3-12,29H,1-2H3,(H2,24,30)(H,26,31)(H,27,28)/t12-/m0/s1. The minimum atomic E-state index is -0.792. The van der Waals surface area contributed by atoms with Crippen molar-refractivity contribution in [2.45, 2.75) is 13.0 Å². The summed E-state index contributed by atoms with van der Waals surface area (Å²) in [6, 6.07) is 12.9. The Kier molecular flexibility index (Phi) is 5.46. The predicted molar refractivity (Wildman–Crippen MR) is 119 cm³/mol. The number of primary amides is 1. The number of fused-ring (bicyclic) bond motifs is 1. The fourth-order valence-electron chi connectivity index (χ4n) is 3.30. The number of rotatable bonds is 6. The van der Waals surface area contributed by atoms with E-state index in [0.717, 1.165) is 11.1 Å². The first-order chi connectivity index (χ1) is 15.4. The largest absolute Gasteiger partial charge is 0.507 e. The maximum absolute atomic E-state index is 12.4. The van der Waals surface area contributed by atoms with Crippen LogP contribution in [0.15, 0.2) is 54.7 Å². The summed E-state index contributed by atoms with van der Waals surface area (Å²) in [6.07, 6.45) is 1.64. The second-order valence-corrected chi connectivity index (χ2v) is 7.21. The lowest BCUT2D eigenvalue weighted by molar-refractivity contribution is -0.119. The van der Waals surface area contributed by atoms with E-state index >= 15 is 0 Å². The number of hydrogen-bond acceptors (Lipinski definition) is 6. The number of phenolic OH excluding ortho intramolecular Hbond substituents is 1. The van der Waals surface area contributed by atoms with Crippen molar-refractivity contribution in [2.75, 3.05) is 7.11 Å². The second kappa shape index (κ2) is 8.38. The summed E-state index contributed by atoms with van der Waals surface area (Å²) >= 11 is 0. The van der Waals surface area contributed by atoms with E-state index in [4.69, 9.17) is 10.5 Å². The van der Waals surface area contributed by atoms with Gasteiger partial charge in [-0.2, -0.15) is 0 Å². The molecule has 0 saturated heterocycles. The summed E-state index contributed by atoms with van der Waals surface area (Å²) in [6.45, 7) is 1.51. The number of aromatic amines is 1. The Labute approximate surface area is 183 Å². The number of hydrogen-bond donors (Lipinski definition) is 4. The smallest absolute Gasteiger partial charge is 0.251 e. The van der Waals surface area contributed by atoms with Gasteiger partial charge in [-0.1, -0.05) is 6.07 Å². The van der Waals surface area contributed by atoms with Gasteiger partial charge in [-0.15, -0.1) is 0 Å². The number of pyridine rings is 1. The number of carbonyl (C=O) groups excluding carboxylic acids is 2. The molecular weight excluding hydrogens is 410 g/mol. The van der Waals surface area contributed by atoms with Crippen molar-refractivity contribution < 1.29 is 19.4 Å². The van der Waals surface area contributed by atoms with Crippen molar-refractivity contribution in [3.8, 4) is 34.1 Å². The van der Waals surface area contributed by atoms with Crippen molar-refractivity contribution in [2.24, 2.45) is 5.73 Å². The zero-order valence-electron chi connectivity index (χ0n) is 17.4. The molecule has 0 fully saturated rings. The summed E-state index contributed by atoms with van der Waals surface area (Å²) in [5.74, 6) is -0.101. The number of H-pyrrole nitrogens is 1. The zero-order chi connectivity index (χ0) is 22.8. The molecule has 32 heavy (non-hydrogen) atoms. The molecule has 2 heterocycles. The van der Waals surface area contributed by atoms with Gasteiger partial charge in [-0.25, -0.2) is 9.97 Å². The first-order valence-corrected chi connectivity index (χ1v) is 9.80. The number of nitrogens with one attached hydrogen (secondary N) is 2. The van der Waals surface area contributed by atoms with E-state index in [0.29, 0.717) is 33.9 Å². The predicted octanol–water partition coefficient (Wildman–Crippen LogP) is 2.61. The van der Waals surface area contributed by atoms with E-state index in [-0.39, 0.29) is 5.75 Å². The molecule has 2 aromatic carbocycles. The third-order valence-electron chi connectivity index (χ3n) is 5.05. The topological polar surface area (TPSA) is 143 Å². The Morgan fingerprint density at radius 3 is 2.72 bits per heavy atom. The molecule has 0 aliphatic carbocycles. The molecule has 4 aromatic rings. The number of ether oxygens (including phenoxy) is 1. The van der Waals surface area contributed by atoms with Gasteiger partial charge < -0.3 is 25.9 Å². The van der Waals surface area contributed by atoms with Crippen molar-refractivity contribution in [3.05, 3.63) is 60.3 Å². The Morgan fingerprint density at radius 2 is 1.97 bits per heavy atom. The highest BCUT2D eigenvalue weighted by atomic mass is 16.5. The maximum atomic E-state index is 12.4. The van der Waals surface area contributed by atoms with Gasteiger partial charge in [0, 0.05) is 17.3 Å². The van der Waals surface area contributed by atoms with E-state index in [9.17, 15) is 14.7 Å². The maximum Gasteiger partial charge on any atom is 0.251 e. The number of nitrogens with two attached hydrogens (primary N) is 1. The van der Waals surface area contributed by atoms with Gasteiger partial charge >= 0.3 is 0 Å². The minimum absolute atomic E-state index is 0.0453. The molecule has 2 amide bonds. The fourth-order valence-corrected chi connectivity index (χ4v) is 3.30. The first-order valence-electron chi connectivity index (χ1n) is 9.80. The average Bonchev–Trinajstić information content (AvgIpc) is 3.22. The second-order valence-electron chi connectivity index (χ2n) is 7.21. The Balaban J connectivity index is 1.71. The van der Waals surface area contributed by atoms with E-state index in [1.165, 1.54) is 6.92 Å². The fraction of sp³-hybridized carbons (Fsp3) is 0.130. The summed E-state index contributed by atoms with van der Waals surface area (Å²) in [5.41, 5.74) is 8.81. The van der Waals surface area contributed by atoms with Crippen LogP contribution < -0.4 is 15.8 Å².